The highest BCUT2D eigenvalue weighted by atomic mass is 79.9. The maximum absolute atomic E-state index is 13.4. The Kier molecular flexibility index (Phi) is 5.31. The van der Waals surface area contributed by atoms with E-state index in [-0.39, 0.29) is 23.8 Å². The number of fused-ring (bicyclic) bond motifs is 4. The number of unbranched alkanes of at least 4 members (excludes halogenated alkanes) is 1. The van der Waals surface area contributed by atoms with Crippen LogP contribution in [0, 0.1) is 11.8 Å². The lowest BCUT2D eigenvalue weighted by Crippen LogP contribution is -2.53. The van der Waals surface area contributed by atoms with Gasteiger partial charge in [-0.15, -0.1) is 0 Å². The van der Waals surface area contributed by atoms with E-state index < -0.39 is 17.4 Å². The smallest absolute Gasteiger partial charge is 0.250 e. The van der Waals surface area contributed by atoms with Crippen molar-refractivity contribution in [1.82, 2.24) is 10.2 Å². The zero-order chi connectivity index (χ0) is 20.1. The van der Waals surface area contributed by atoms with E-state index in [0.717, 1.165) is 35.1 Å². The van der Waals surface area contributed by atoms with Gasteiger partial charge in [0.2, 0.25) is 17.7 Å². The van der Waals surface area contributed by atoms with Crippen LogP contribution in [0.25, 0.3) is 0 Å². The number of benzene rings is 1. The van der Waals surface area contributed by atoms with Gasteiger partial charge in [-0.3, -0.25) is 24.6 Å². The van der Waals surface area contributed by atoms with Gasteiger partial charge in [0.05, 0.1) is 11.8 Å². The summed E-state index contributed by atoms with van der Waals surface area (Å²) in [4.78, 5) is 41.2. The van der Waals surface area contributed by atoms with Gasteiger partial charge in [-0.05, 0) is 43.0 Å². The number of amides is 3. The Morgan fingerprint density at radius 2 is 2.04 bits per heavy atom. The quantitative estimate of drug-likeness (QED) is 0.631. The standard InChI is InChI=1S/C20H24BrN3O3S/c1-3-4-8-24-17(25)15-14(7-9-28-2)23-20(16(15)18(24)26)12-10-11(21)5-6-13(12)22-19(20)27/h5-6,10,14-16,23H,3-4,7-9H2,1-2H3,(H,22,27)/t14-,15+,16+,20-/m0/s1. The third-order valence-corrected chi connectivity index (χ3v) is 7.27. The van der Waals surface area contributed by atoms with Crippen LogP contribution in [0.2, 0.25) is 0 Å². The summed E-state index contributed by atoms with van der Waals surface area (Å²) in [5, 5.41) is 6.39. The number of halogens is 1. The lowest BCUT2D eigenvalue weighted by molar-refractivity contribution is -0.142. The number of anilines is 1. The lowest BCUT2D eigenvalue weighted by atomic mass is 9.76. The first-order valence-electron chi connectivity index (χ1n) is 9.69. The van der Waals surface area contributed by atoms with E-state index in [0.29, 0.717) is 12.2 Å². The Morgan fingerprint density at radius 1 is 1.25 bits per heavy atom. The third-order valence-electron chi connectivity index (χ3n) is 6.14. The first-order chi connectivity index (χ1) is 13.5. The Balaban J connectivity index is 1.81. The number of thioether (sulfide) groups is 1. The Hall–Kier alpha value is -1.38. The molecule has 8 heteroatoms. The summed E-state index contributed by atoms with van der Waals surface area (Å²) in [6.45, 7) is 2.47. The molecule has 0 radical (unpaired) electrons. The normalized spacial score (nSPS) is 30.9. The van der Waals surface area contributed by atoms with Crippen molar-refractivity contribution < 1.29 is 14.4 Å². The van der Waals surface area contributed by atoms with Crippen LogP contribution in [0.1, 0.15) is 31.7 Å². The fourth-order valence-electron chi connectivity index (χ4n) is 4.86. The zero-order valence-corrected chi connectivity index (χ0v) is 18.4. The van der Waals surface area contributed by atoms with Crippen molar-refractivity contribution in [2.75, 3.05) is 23.9 Å². The number of nitrogens with one attached hydrogen (secondary N) is 2. The molecule has 3 amide bonds. The molecule has 4 atom stereocenters. The van der Waals surface area contributed by atoms with E-state index >= 15 is 0 Å². The minimum atomic E-state index is -1.18. The molecule has 6 nitrogen and oxygen atoms in total. The lowest BCUT2D eigenvalue weighted by Gasteiger charge is -2.29. The number of rotatable bonds is 6. The molecule has 2 saturated heterocycles. The van der Waals surface area contributed by atoms with E-state index in [1.54, 1.807) is 11.8 Å². The van der Waals surface area contributed by atoms with E-state index in [2.05, 4.69) is 26.6 Å². The van der Waals surface area contributed by atoms with Gasteiger partial charge in [0.1, 0.15) is 5.54 Å². The highest BCUT2D eigenvalue weighted by molar-refractivity contribution is 9.10. The molecule has 0 unspecified atom stereocenters. The largest absolute Gasteiger partial charge is 0.324 e. The van der Waals surface area contributed by atoms with E-state index in [9.17, 15) is 14.4 Å². The molecular formula is C20H24BrN3O3S. The molecule has 1 spiro atoms. The Morgan fingerprint density at radius 3 is 2.75 bits per heavy atom. The summed E-state index contributed by atoms with van der Waals surface area (Å²) in [6.07, 6.45) is 4.44. The summed E-state index contributed by atoms with van der Waals surface area (Å²) in [7, 11) is 0. The van der Waals surface area contributed by atoms with Crippen molar-refractivity contribution in [1.29, 1.82) is 0 Å². The molecule has 4 rings (SSSR count). The number of imide groups is 1. The van der Waals surface area contributed by atoms with E-state index in [4.69, 9.17) is 0 Å². The van der Waals surface area contributed by atoms with Gasteiger partial charge in [0, 0.05) is 28.3 Å². The SMILES string of the molecule is CCCCN1C(=O)[C@@H]2[C@H](CCSC)N[C@]3(C(=O)Nc4ccc(Br)cc43)[C@H]2C1=O. The monoisotopic (exact) mass is 465 g/mol. The van der Waals surface area contributed by atoms with E-state index in [1.165, 1.54) is 4.90 Å². The fourth-order valence-corrected chi connectivity index (χ4v) is 5.71. The summed E-state index contributed by atoms with van der Waals surface area (Å²) in [6, 6.07) is 5.40. The van der Waals surface area contributed by atoms with Crippen LogP contribution in [0.3, 0.4) is 0 Å². The zero-order valence-electron chi connectivity index (χ0n) is 16.0. The highest BCUT2D eigenvalue weighted by Gasteiger charge is 2.70. The van der Waals surface area contributed by atoms with Crippen molar-refractivity contribution in [3.8, 4) is 0 Å². The first-order valence-corrected chi connectivity index (χ1v) is 11.9. The molecule has 3 aliphatic heterocycles. The molecule has 1 aromatic rings. The van der Waals surface area contributed by atoms with Crippen molar-refractivity contribution in [2.45, 2.75) is 37.8 Å². The van der Waals surface area contributed by atoms with Crippen molar-refractivity contribution in [3.63, 3.8) is 0 Å². The second-order valence-corrected chi connectivity index (χ2v) is 9.57. The number of hydrogen-bond acceptors (Lipinski definition) is 5. The summed E-state index contributed by atoms with van der Waals surface area (Å²) >= 11 is 5.19. The molecule has 2 N–H and O–H groups in total. The number of carbonyl (C=O) groups is 3. The van der Waals surface area contributed by atoms with Crippen molar-refractivity contribution >= 4 is 51.1 Å². The molecule has 3 aliphatic rings. The number of likely N-dealkylation sites (tertiary alicyclic amines) is 1. The van der Waals surface area contributed by atoms with Crippen LogP contribution in [-0.4, -0.2) is 47.2 Å². The van der Waals surface area contributed by atoms with Crippen LogP contribution in [0.5, 0.6) is 0 Å². The first kappa shape index (κ1) is 19.9. The summed E-state index contributed by atoms with van der Waals surface area (Å²) in [5.41, 5.74) is 0.282. The summed E-state index contributed by atoms with van der Waals surface area (Å²) in [5.74, 6) is -0.909. The molecule has 0 saturated carbocycles. The Labute approximate surface area is 177 Å². The highest BCUT2D eigenvalue weighted by Crippen LogP contribution is 2.53. The molecule has 1 aromatic carbocycles. The van der Waals surface area contributed by atoms with Crippen molar-refractivity contribution in [2.24, 2.45) is 11.8 Å². The van der Waals surface area contributed by atoms with Gasteiger partial charge in [0.25, 0.3) is 0 Å². The van der Waals surface area contributed by atoms with Gasteiger partial charge in [-0.25, -0.2) is 0 Å². The van der Waals surface area contributed by atoms with Crippen LogP contribution < -0.4 is 10.6 Å². The van der Waals surface area contributed by atoms with Crippen LogP contribution in [0.4, 0.5) is 5.69 Å². The third kappa shape index (κ3) is 2.75. The molecule has 0 aromatic heterocycles. The topological polar surface area (TPSA) is 78.5 Å². The molecule has 0 aliphatic carbocycles. The molecule has 0 bridgehead atoms. The molecule has 2 fully saturated rings. The second kappa shape index (κ2) is 7.46. The predicted octanol–water partition coefficient (Wildman–Crippen LogP) is 2.72. The molecule has 150 valence electrons. The number of hydrogen-bond donors (Lipinski definition) is 2. The van der Waals surface area contributed by atoms with Gasteiger partial charge in [0.15, 0.2) is 0 Å². The summed E-state index contributed by atoms with van der Waals surface area (Å²) < 4.78 is 0.840. The number of nitrogens with zero attached hydrogens (tertiary/aromatic N) is 1. The van der Waals surface area contributed by atoms with E-state index in [1.807, 2.05) is 31.4 Å². The molecule has 28 heavy (non-hydrogen) atoms. The van der Waals surface area contributed by atoms with Gasteiger partial charge in [-0.1, -0.05) is 29.3 Å². The predicted molar refractivity (Wildman–Crippen MR) is 113 cm³/mol. The van der Waals surface area contributed by atoms with Crippen LogP contribution in [-0.2, 0) is 19.9 Å². The second-order valence-electron chi connectivity index (χ2n) is 7.67. The van der Waals surface area contributed by atoms with Gasteiger partial charge in [-0.2, -0.15) is 11.8 Å². The van der Waals surface area contributed by atoms with Crippen LogP contribution in [0.15, 0.2) is 22.7 Å². The fraction of sp³-hybridized carbons (Fsp3) is 0.550. The molecule has 3 heterocycles. The minimum absolute atomic E-state index is 0.129. The van der Waals surface area contributed by atoms with Gasteiger partial charge < -0.3 is 5.32 Å². The Bertz CT molecular complexity index is 848. The van der Waals surface area contributed by atoms with Crippen molar-refractivity contribution in [3.05, 3.63) is 28.2 Å². The maximum Gasteiger partial charge on any atom is 0.250 e. The minimum Gasteiger partial charge on any atom is -0.324 e. The van der Waals surface area contributed by atoms with Gasteiger partial charge >= 0.3 is 0 Å². The number of carbonyl (C=O) groups excluding carboxylic acids is 3. The molecular weight excluding hydrogens is 442 g/mol. The van der Waals surface area contributed by atoms with Crippen LogP contribution >= 0.6 is 27.7 Å². The maximum atomic E-state index is 13.4. The average molecular weight is 466 g/mol. The average Bonchev–Trinajstić information content (AvgIpc) is 3.24.